The van der Waals surface area contributed by atoms with Gasteiger partial charge in [0.2, 0.25) is 11.8 Å². The standard InChI is InChI=1S/C20H27N3O4/c1-4-5-6-7-12(2)21-18(24)16-14-8-9-20(26-14)11-23(19(25)17(16)20)15-10-13(3)27-22-15/h8-10,12,14,16-17H,4-7,11H2,1-3H3,(H,21,24)/t12?,14-,16?,17?,20+/m1/s1. The smallest absolute Gasteiger partial charge is 0.235 e. The summed E-state index contributed by atoms with van der Waals surface area (Å²) in [5, 5.41) is 7.06. The van der Waals surface area contributed by atoms with Gasteiger partial charge in [0.05, 0.1) is 24.5 Å². The summed E-state index contributed by atoms with van der Waals surface area (Å²) in [5.74, 6) is -0.0840. The van der Waals surface area contributed by atoms with Crippen molar-refractivity contribution >= 4 is 17.6 Å². The molecule has 2 amide bonds. The Bertz CT molecular complexity index is 773. The summed E-state index contributed by atoms with van der Waals surface area (Å²) in [6.45, 7) is 6.34. The molecule has 5 atom stereocenters. The second-order valence-electron chi connectivity index (χ2n) is 8.03. The van der Waals surface area contributed by atoms with E-state index in [9.17, 15) is 9.59 Å². The zero-order valence-corrected chi connectivity index (χ0v) is 16.1. The number of aryl methyl sites for hydroxylation is 1. The van der Waals surface area contributed by atoms with Crippen molar-refractivity contribution in [3.05, 3.63) is 24.0 Å². The summed E-state index contributed by atoms with van der Waals surface area (Å²) in [4.78, 5) is 27.7. The van der Waals surface area contributed by atoms with Gasteiger partial charge in [0.15, 0.2) is 5.82 Å². The van der Waals surface area contributed by atoms with Crippen LogP contribution in [0.1, 0.15) is 45.3 Å². The van der Waals surface area contributed by atoms with Crippen LogP contribution >= 0.6 is 0 Å². The van der Waals surface area contributed by atoms with Crippen molar-refractivity contribution in [1.82, 2.24) is 10.5 Å². The summed E-state index contributed by atoms with van der Waals surface area (Å²) < 4.78 is 11.2. The fraction of sp³-hybridized carbons (Fsp3) is 0.650. The van der Waals surface area contributed by atoms with Gasteiger partial charge >= 0.3 is 0 Å². The first-order chi connectivity index (χ1) is 12.9. The molecule has 0 aromatic carbocycles. The molecule has 1 aromatic heterocycles. The molecule has 3 aliphatic heterocycles. The van der Waals surface area contributed by atoms with Gasteiger partial charge < -0.3 is 14.6 Å². The topological polar surface area (TPSA) is 84.7 Å². The average Bonchev–Trinajstić information content (AvgIpc) is 3.36. The Labute approximate surface area is 159 Å². The van der Waals surface area contributed by atoms with E-state index in [0.29, 0.717) is 18.1 Å². The number of ether oxygens (including phenoxy) is 1. The molecule has 2 fully saturated rings. The van der Waals surface area contributed by atoms with Gasteiger partial charge in [0.25, 0.3) is 0 Å². The van der Waals surface area contributed by atoms with Gasteiger partial charge in [-0.2, -0.15) is 0 Å². The summed E-state index contributed by atoms with van der Waals surface area (Å²) in [6, 6.07) is 1.82. The summed E-state index contributed by atoms with van der Waals surface area (Å²) in [6.07, 6.45) is 7.89. The molecule has 4 rings (SSSR count). The van der Waals surface area contributed by atoms with Crippen LogP contribution in [0.3, 0.4) is 0 Å². The fourth-order valence-electron chi connectivity index (χ4n) is 4.58. The van der Waals surface area contributed by atoms with E-state index in [1.54, 1.807) is 17.9 Å². The maximum atomic E-state index is 13.1. The van der Waals surface area contributed by atoms with Crippen LogP contribution < -0.4 is 10.2 Å². The van der Waals surface area contributed by atoms with Crippen molar-refractivity contribution in [3.63, 3.8) is 0 Å². The highest BCUT2D eigenvalue weighted by Gasteiger charge is 2.67. The Balaban J connectivity index is 1.50. The molecular formula is C20H27N3O4. The van der Waals surface area contributed by atoms with E-state index in [4.69, 9.17) is 9.26 Å². The van der Waals surface area contributed by atoms with Gasteiger partial charge in [0, 0.05) is 12.1 Å². The Morgan fingerprint density at radius 3 is 3.00 bits per heavy atom. The minimum absolute atomic E-state index is 0.0910. The van der Waals surface area contributed by atoms with Gasteiger partial charge in [-0.15, -0.1) is 0 Å². The van der Waals surface area contributed by atoms with E-state index < -0.39 is 17.4 Å². The van der Waals surface area contributed by atoms with Crippen LogP contribution in [0, 0.1) is 18.8 Å². The molecule has 0 aliphatic carbocycles. The third-order valence-electron chi connectivity index (χ3n) is 5.92. The molecule has 0 radical (unpaired) electrons. The van der Waals surface area contributed by atoms with Crippen molar-refractivity contribution in [2.45, 2.75) is 64.2 Å². The predicted molar refractivity (Wildman–Crippen MR) is 99.1 cm³/mol. The molecule has 146 valence electrons. The lowest BCUT2D eigenvalue weighted by atomic mass is 9.76. The number of amides is 2. The largest absolute Gasteiger partial charge is 0.360 e. The number of unbranched alkanes of at least 4 members (excludes halogenated alkanes) is 2. The van der Waals surface area contributed by atoms with E-state index in [2.05, 4.69) is 17.4 Å². The second kappa shape index (κ2) is 6.78. The van der Waals surface area contributed by atoms with E-state index in [1.807, 2.05) is 19.1 Å². The first kappa shape index (κ1) is 18.2. The van der Waals surface area contributed by atoms with Gasteiger partial charge in [-0.25, -0.2) is 0 Å². The number of carbonyl (C=O) groups excluding carboxylic acids is 2. The number of fused-ring (bicyclic) bond motifs is 1. The minimum atomic E-state index is -0.734. The molecule has 3 aliphatic rings. The van der Waals surface area contributed by atoms with Crippen molar-refractivity contribution in [2.24, 2.45) is 11.8 Å². The normalized spacial score (nSPS) is 32.2. The summed E-state index contributed by atoms with van der Waals surface area (Å²) in [5.41, 5.74) is -0.734. The van der Waals surface area contributed by atoms with Crippen molar-refractivity contribution in [1.29, 1.82) is 0 Å². The highest BCUT2D eigenvalue weighted by Crippen LogP contribution is 2.52. The molecule has 4 heterocycles. The molecule has 1 aromatic rings. The molecule has 7 nitrogen and oxygen atoms in total. The number of nitrogens with zero attached hydrogens (tertiary/aromatic N) is 2. The lowest BCUT2D eigenvalue weighted by molar-refractivity contribution is -0.132. The van der Waals surface area contributed by atoms with Crippen LogP contribution in [0.5, 0.6) is 0 Å². The van der Waals surface area contributed by atoms with E-state index >= 15 is 0 Å². The Hall–Kier alpha value is -2.15. The quantitative estimate of drug-likeness (QED) is 0.586. The molecule has 27 heavy (non-hydrogen) atoms. The van der Waals surface area contributed by atoms with Crippen LogP contribution in [0.15, 0.2) is 22.7 Å². The van der Waals surface area contributed by atoms with Crippen LogP contribution in [-0.4, -0.2) is 41.3 Å². The second-order valence-corrected chi connectivity index (χ2v) is 8.03. The minimum Gasteiger partial charge on any atom is -0.360 e. The number of carbonyl (C=O) groups is 2. The number of aromatic nitrogens is 1. The Kier molecular flexibility index (Phi) is 4.58. The summed E-state index contributed by atoms with van der Waals surface area (Å²) in [7, 11) is 0. The van der Waals surface area contributed by atoms with Crippen molar-refractivity contribution < 1.29 is 18.8 Å². The number of nitrogens with one attached hydrogen (secondary N) is 1. The predicted octanol–water partition coefficient (Wildman–Crippen LogP) is 2.35. The molecule has 3 unspecified atom stereocenters. The molecule has 0 saturated carbocycles. The third-order valence-corrected chi connectivity index (χ3v) is 5.92. The highest BCUT2D eigenvalue weighted by atomic mass is 16.5. The Morgan fingerprint density at radius 1 is 1.48 bits per heavy atom. The molecule has 1 spiro atoms. The lowest BCUT2D eigenvalue weighted by Crippen LogP contribution is -2.46. The fourth-order valence-corrected chi connectivity index (χ4v) is 4.58. The maximum absolute atomic E-state index is 13.1. The number of anilines is 1. The van der Waals surface area contributed by atoms with Crippen LogP contribution in [0.25, 0.3) is 0 Å². The van der Waals surface area contributed by atoms with E-state index in [0.717, 1.165) is 25.7 Å². The van der Waals surface area contributed by atoms with Gasteiger partial charge in [-0.05, 0) is 20.3 Å². The summed E-state index contributed by atoms with van der Waals surface area (Å²) >= 11 is 0. The SMILES string of the molecule is CCCCCC(C)NC(=O)C1C2C(=O)N(c3cc(C)on3)C[C@@]23C=C[C@H]1O3. The van der Waals surface area contributed by atoms with Crippen molar-refractivity contribution in [3.8, 4) is 0 Å². The van der Waals surface area contributed by atoms with Gasteiger partial charge in [-0.1, -0.05) is 43.5 Å². The van der Waals surface area contributed by atoms with E-state index in [-0.39, 0.29) is 24.0 Å². The zero-order valence-electron chi connectivity index (χ0n) is 16.1. The monoisotopic (exact) mass is 373 g/mol. The lowest BCUT2D eigenvalue weighted by Gasteiger charge is -2.25. The number of hydrogen-bond acceptors (Lipinski definition) is 5. The Morgan fingerprint density at radius 2 is 2.30 bits per heavy atom. The van der Waals surface area contributed by atoms with Crippen LogP contribution in [0.4, 0.5) is 5.82 Å². The molecule has 2 saturated heterocycles. The first-order valence-electron chi connectivity index (χ1n) is 9.87. The maximum Gasteiger partial charge on any atom is 0.235 e. The van der Waals surface area contributed by atoms with Crippen LogP contribution in [-0.2, 0) is 14.3 Å². The van der Waals surface area contributed by atoms with Crippen LogP contribution in [0.2, 0.25) is 0 Å². The third kappa shape index (κ3) is 2.98. The zero-order chi connectivity index (χ0) is 19.2. The molecule has 7 heteroatoms. The first-order valence-corrected chi connectivity index (χ1v) is 9.87. The molecule has 2 bridgehead atoms. The highest BCUT2D eigenvalue weighted by molar-refractivity contribution is 6.02. The van der Waals surface area contributed by atoms with Gasteiger partial charge in [0.1, 0.15) is 11.4 Å². The van der Waals surface area contributed by atoms with Gasteiger partial charge in [-0.3, -0.25) is 14.5 Å². The van der Waals surface area contributed by atoms with E-state index in [1.165, 1.54) is 0 Å². The number of hydrogen-bond donors (Lipinski definition) is 1. The van der Waals surface area contributed by atoms with Crippen molar-refractivity contribution in [2.75, 3.05) is 11.4 Å². The molecular weight excluding hydrogens is 346 g/mol. The molecule has 1 N–H and O–H groups in total. The number of rotatable bonds is 7. The average molecular weight is 373 g/mol.